The number of aliphatic hydroxyl groups is 1. The summed E-state index contributed by atoms with van der Waals surface area (Å²) < 4.78 is 26.4. The van der Waals surface area contributed by atoms with E-state index in [0.717, 1.165) is 32.2 Å². The molecular weight excluding hydrogens is 342 g/mol. The molecule has 138 valence electrons. The zero-order valence-electron chi connectivity index (χ0n) is 14.2. The van der Waals surface area contributed by atoms with Crippen LogP contribution in [0.15, 0.2) is 29.2 Å². The lowest BCUT2D eigenvalue weighted by Crippen LogP contribution is -2.42. The minimum atomic E-state index is -3.43. The van der Waals surface area contributed by atoms with Crippen LogP contribution in [0.25, 0.3) is 0 Å². The number of amides is 1. The molecule has 2 aliphatic rings. The molecular formula is C17H25N3O4S. The Bertz CT molecular complexity index is 699. The number of carbonyl (C=O) groups excluding carboxylic acids is 1. The summed E-state index contributed by atoms with van der Waals surface area (Å²) in [6.07, 6.45) is 3.11. The first-order valence-electron chi connectivity index (χ1n) is 8.75. The van der Waals surface area contributed by atoms with E-state index in [1.54, 1.807) is 12.1 Å². The Morgan fingerprint density at radius 2 is 1.80 bits per heavy atom. The third kappa shape index (κ3) is 4.58. The smallest absolute Gasteiger partial charge is 0.243 e. The molecule has 0 bridgehead atoms. The highest BCUT2D eigenvalue weighted by Gasteiger charge is 2.27. The van der Waals surface area contributed by atoms with E-state index in [0.29, 0.717) is 25.3 Å². The van der Waals surface area contributed by atoms with E-state index in [1.165, 1.54) is 16.4 Å². The van der Waals surface area contributed by atoms with Gasteiger partial charge in [-0.3, -0.25) is 9.69 Å². The Hall–Kier alpha value is -1.48. The lowest BCUT2D eigenvalue weighted by molar-refractivity contribution is -0.118. The lowest BCUT2D eigenvalue weighted by atomic mass is 10.1. The molecule has 1 atom stereocenters. The number of rotatable bonds is 5. The summed E-state index contributed by atoms with van der Waals surface area (Å²) in [7, 11) is -3.43. The van der Waals surface area contributed by atoms with Crippen molar-refractivity contribution in [2.24, 2.45) is 0 Å². The third-order valence-corrected chi connectivity index (χ3v) is 6.60. The number of hydrogen-bond donors (Lipinski definition) is 2. The average molecular weight is 367 g/mol. The summed E-state index contributed by atoms with van der Waals surface area (Å²) in [5, 5.41) is 12.4. The summed E-state index contributed by atoms with van der Waals surface area (Å²) in [5.74, 6) is -0.163. The predicted octanol–water partition coefficient (Wildman–Crippen LogP) is 0.866. The number of carbonyl (C=O) groups is 1. The van der Waals surface area contributed by atoms with Crippen LogP contribution in [0, 0.1) is 0 Å². The van der Waals surface area contributed by atoms with Crippen molar-refractivity contribution in [3.63, 3.8) is 0 Å². The topological polar surface area (TPSA) is 90.0 Å². The molecule has 1 aromatic rings. The first-order chi connectivity index (χ1) is 11.9. The molecule has 8 heteroatoms. The molecule has 7 nitrogen and oxygen atoms in total. The zero-order chi connectivity index (χ0) is 17.9. The van der Waals surface area contributed by atoms with Crippen molar-refractivity contribution in [1.29, 1.82) is 0 Å². The SMILES string of the molecule is O=C(CN1CCCC(O)C1)Nc1ccc(S(=O)(=O)N2CCCC2)cc1. The molecule has 3 rings (SSSR count). The van der Waals surface area contributed by atoms with Gasteiger partial charge >= 0.3 is 0 Å². The number of sulfonamides is 1. The van der Waals surface area contributed by atoms with Crippen LogP contribution in [0.1, 0.15) is 25.7 Å². The maximum Gasteiger partial charge on any atom is 0.243 e. The van der Waals surface area contributed by atoms with Gasteiger partial charge in [0.1, 0.15) is 0 Å². The number of likely N-dealkylation sites (tertiary alicyclic amines) is 1. The van der Waals surface area contributed by atoms with Crippen molar-refractivity contribution in [1.82, 2.24) is 9.21 Å². The molecule has 0 saturated carbocycles. The number of piperidine rings is 1. The number of benzene rings is 1. The molecule has 1 amide bonds. The number of β-amino-alcohol motifs (C(OH)–C–C–N with tert-alkyl or cyclic N) is 1. The van der Waals surface area contributed by atoms with Gasteiger partial charge in [-0.05, 0) is 56.5 Å². The van der Waals surface area contributed by atoms with E-state index in [1.807, 2.05) is 4.90 Å². The fourth-order valence-corrected chi connectivity index (χ4v) is 4.88. The predicted molar refractivity (Wildman–Crippen MR) is 94.7 cm³/mol. The fourth-order valence-electron chi connectivity index (χ4n) is 3.37. The summed E-state index contributed by atoms with van der Waals surface area (Å²) in [6, 6.07) is 6.31. The third-order valence-electron chi connectivity index (χ3n) is 4.69. The molecule has 0 radical (unpaired) electrons. The van der Waals surface area contributed by atoms with Gasteiger partial charge in [0.25, 0.3) is 0 Å². The van der Waals surface area contributed by atoms with Gasteiger partial charge in [0.05, 0.1) is 17.5 Å². The van der Waals surface area contributed by atoms with Gasteiger partial charge in [-0.2, -0.15) is 4.31 Å². The average Bonchev–Trinajstić information content (AvgIpc) is 3.10. The summed E-state index contributed by atoms with van der Waals surface area (Å²) in [4.78, 5) is 14.3. The molecule has 0 spiro atoms. The second kappa shape index (κ2) is 7.82. The van der Waals surface area contributed by atoms with Crippen molar-refractivity contribution in [2.75, 3.05) is 38.0 Å². The highest BCUT2D eigenvalue weighted by molar-refractivity contribution is 7.89. The zero-order valence-corrected chi connectivity index (χ0v) is 15.0. The molecule has 0 aromatic heterocycles. The Kier molecular flexibility index (Phi) is 5.73. The van der Waals surface area contributed by atoms with Gasteiger partial charge in [0.2, 0.25) is 15.9 Å². The molecule has 2 N–H and O–H groups in total. The molecule has 2 saturated heterocycles. The van der Waals surface area contributed by atoms with Gasteiger partial charge < -0.3 is 10.4 Å². The van der Waals surface area contributed by atoms with Gasteiger partial charge in [0.15, 0.2) is 0 Å². The quantitative estimate of drug-likeness (QED) is 0.806. The fraction of sp³-hybridized carbons (Fsp3) is 0.588. The van der Waals surface area contributed by atoms with Gasteiger partial charge in [0, 0.05) is 25.3 Å². The van der Waals surface area contributed by atoms with E-state index in [4.69, 9.17) is 0 Å². The minimum Gasteiger partial charge on any atom is -0.392 e. The number of nitrogens with one attached hydrogen (secondary N) is 1. The lowest BCUT2D eigenvalue weighted by Gasteiger charge is -2.29. The van der Waals surface area contributed by atoms with E-state index in [2.05, 4.69) is 5.32 Å². The Balaban J connectivity index is 1.58. The van der Waals surface area contributed by atoms with E-state index in [9.17, 15) is 18.3 Å². The minimum absolute atomic E-state index is 0.163. The highest BCUT2D eigenvalue weighted by Crippen LogP contribution is 2.22. The monoisotopic (exact) mass is 367 g/mol. The van der Waals surface area contributed by atoms with Crippen LogP contribution in [0.2, 0.25) is 0 Å². The van der Waals surface area contributed by atoms with Crippen LogP contribution in [0.4, 0.5) is 5.69 Å². The van der Waals surface area contributed by atoms with Crippen molar-refractivity contribution >= 4 is 21.6 Å². The molecule has 2 aliphatic heterocycles. The van der Waals surface area contributed by atoms with Gasteiger partial charge in [-0.15, -0.1) is 0 Å². The van der Waals surface area contributed by atoms with Crippen LogP contribution in [-0.2, 0) is 14.8 Å². The highest BCUT2D eigenvalue weighted by atomic mass is 32.2. The van der Waals surface area contributed by atoms with Crippen LogP contribution in [0.3, 0.4) is 0 Å². The van der Waals surface area contributed by atoms with Crippen LogP contribution >= 0.6 is 0 Å². The number of anilines is 1. The van der Waals surface area contributed by atoms with Gasteiger partial charge in [-0.1, -0.05) is 0 Å². The normalized spacial score (nSPS) is 22.8. The maximum absolute atomic E-state index is 12.5. The Morgan fingerprint density at radius 3 is 2.44 bits per heavy atom. The largest absolute Gasteiger partial charge is 0.392 e. The molecule has 1 unspecified atom stereocenters. The van der Waals surface area contributed by atoms with E-state index >= 15 is 0 Å². The molecule has 1 aromatic carbocycles. The summed E-state index contributed by atoms with van der Waals surface area (Å²) in [6.45, 7) is 2.69. The van der Waals surface area contributed by atoms with Crippen molar-refractivity contribution in [3.05, 3.63) is 24.3 Å². The van der Waals surface area contributed by atoms with E-state index < -0.39 is 10.0 Å². The molecule has 25 heavy (non-hydrogen) atoms. The number of aliphatic hydroxyl groups excluding tert-OH is 1. The molecule has 2 heterocycles. The Morgan fingerprint density at radius 1 is 1.12 bits per heavy atom. The van der Waals surface area contributed by atoms with Crippen molar-refractivity contribution in [3.8, 4) is 0 Å². The Labute approximate surface area is 148 Å². The number of nitrogens with zero attached hydrogens (tertiary/aromatic N) is 2. The summed E-state index contributed by atoms with van der Waals surface area (Å²) >= 11 is 0. The van der Waals surface area contributed by atoms with Crippen molar-refractivity contribution < 1.29 is 18.3 Å². The van der Waals surface area contributed by atoms with Gasteiger partial charge in [-0.25, -0.2) is 8.42 Å². The standard InChI is InChI=1S/C17H25N3O4S/c21-15-4-3-9-19(12-15)13-17(22)18-14-5-7-16(8-6-14)25(23,24)20-10-1-2-11-20/h5-8,15,21H,1-4,9-13H2,(H,18,22). The van der Waals surface area contributed by atoms with E-state index in [-0.39, 0.29) is 23.5 Å². The second-order valence-electron chi connectivity index (χ2n) is 6.71. The van der Waals surface area contributed by atoms with Crippen LogP contribution < -0.4 is 5.32 Å². The first-order valence-corrected chi connectivity index (χ1v) is 10.2. The molecule has 2 fully saturated rings. The number of hydrogen-bond acceptors (Lipinski definition) is 5. The molecule has 0 aliphatic carbocycles. The van der Waals surface area contributed by atoms with Crippen molar-refractivity contribution in [2.45, 2.75) is 36.7 Å². The first kappa shape index (κ1) is 18.3. The van der Waals surface area contributed by atoms with Crippen LogP contribution in [0.5, 0.6) is 0 Å². The maximum atomic E-state index is 12.5. The second-order valence-corrected chi connectivity index (χ2v) is 8.65. The summed E-state index contributed by atoms with van der Waals surface area (Å²) in [5.41, 5.74) is 0.572. The van der Waals surface area contributed by atoms with Crippen LogP contribution in [-0.4, -0.2) is 67.5 Å².